The number of rotatable bonds is 6. The van der Waals surface area contributed by atoms with Crippen LogP contribution >= 0.6 is 0 Å². The van der Waals surface area contributed by atoms with Crippen LogP contribution in [0.3, 0.4) is 0 Å². The fourth-order valence-corrected chi connectivity index (χ4v) is 3.87. The molecule has 2 aromatic carbocycles. The number of likely N-dealkylation sites (tertiary alicyclic amines) is 1. The Kier molecular flexibility index (Phi) is 5.62. The van der Waals surface area contributed by atoms with E-state index in [2.05, 4.69) is 0 Å². The van der Waals surface area contributed by atoms with E-state index in [9.17, 15) is 9.59 Å². The molecule has 0 radical (unpaired) electrons. The van der Waals surface area contributed by atoms with Crippen LogP contribution in [0.25, 0.3) is 22.1 Å². The molecule has 6 nitrogen and oxygen atoms in total. The van der Waals surface area contributed by atoms with E-state index in [1.807, 2.05) is 48.5 Å². The molecule has 3 N–H and O–H groups in total. The lowest BCUT2D eigenvalue weighted by Crippen LogP contribution is -3.13. The van der Waals surface area contributed by atoms with E-state index in [1.54, 1.807) is 6.07 Å². The predicted molar refractivity (Wildman–Crippen MR) is 111 cm³/mol. The summed E-state index contributed by atoms with van der Waals surface area (Å²) in [4.78, 5) is 25.1. The third-order valence-corrected chi connectivity index (χ3v) is 5.61. The normalized spacial score (nSPS) is 19.2. The zero-order valence-corrected chi connectivity index (χ0v) is 16.2. The molecule has 0 spiro atoms. The van der Waals surface area contributed by atoms with Gasteiger partial charge in [-0.05, 0) is 23.8 Å². The van der Waals surface area contributed by atoms with Crippen LogP contribution in [0.15, 0.2) is 63.8 Å². The minimum absolute atomic E-state index is 0.0174. The number of piperidine rings is 1. The molecule has 1 saturated heterocycles. The zero-order valence-electron chi connectivity index (χ0n) is 16.2. The van der Waals surface area contributed by atoms with E-state index in [0.717, 1.165) is 43.4 Å². The summed E-state index contributed by atoms with van der Waals surface area (Å²) in [5.74, 6) is 0.511. The second kappa shape index (κ2) is 8.49. The number of hydrogen-bond acceptors (Lipinski definition) is 4. The minimum Gasteiger partial charge on any atom is -0.488 e. The Bertz CT molecular complexity index is 1050. The summed E-state index contributed by atoms with van der Waals surface area (Å²) in [6.07, 6.45) is 1.69. The third-order valence-electron chi connectivity index (χ3n) is 5.61. The van der Waals surface area contributed by atoms with Crippen molar-refractivity contribution in [3.05, 3.63) is 65.0 Å². The maximum atomic E-state index is 12.4. The van der Waals surface area contributed by atoms with Gasteiger partial charge >= 0.3 is 5.63 Å². The Morgan fingerprint density at radius 1 is 1.10 bits per heavy atom. The molecule has 0 bridgehead atoms. The molecule has 0 atom stereocenters. The fraction of sp³-hybridized carbons (Fsp3) is 0.304. The maximum Gasteiger partial charge on any atom is 0.344 e. The van der Waals surface area contributed by atoms with E-state index in [0.29, 0.717) is 23.5 Å². The first-order chi connectivity index (χ1) is 14.1. The van der Waals surface area contributed by atoms with Crippen LogP contribution in [0.5, 0.6) is 5.75 Å². The van der Waals surface area contributed by atoms with Gasteiger partial charge in [-0.1, -0.05) is 30.3 Å². The van der Waals surface area contributed by atoms with Gasteiger partial charge in [0.2, 0.25) is 5.91 Å². The summed E-state index contributed by atoms with van der Waals surface area (Å²) >= 11 is 0. The summed E-state index contributed by atoms with van der Waals surface area (Å²) in [5, 5.41) is 0.856. The number of nitrogens with one attached hydrogen (secondary N) is 1. The van der Waals surface area contributed by atoms with Crippen molar-refractivity contribution < 1.29 is 18.8 Å². The van der Waals surface area contributed by atoms with Gasteiger partial charge in [0, 0.05) is 30.2 Å². The number of amides is 1. The number of primary amides is 1. The van der Waals surface area contributed by atoms with Crippen LogP contribution in [0.1, 0.15) is 12.8 Å². The van der Waals surface area contributed by atoms with Gasteiger partial charge in [-0.15, -0.1) is 0 Å². The highest BCUT2D eigenvalue weighted by Crippen LogP contribution is 2.24. The molecule has 1 amide bonds. The molecule has 1 fully saturated rings. The Hall–Kier alpha value is -3.12. The van der Waals surface area contributed by atoms with E-state index in [4.69, 9.17) is 14.9 Å². The number of benzene rings is 2. The molecule has 3 aromatic rings. The summed E-state index contributed by atoms with van der Waals surface area (Å²) in [6.45, 7) is 3.30. The smallest absolute Gasteiger partial charge is 0.344 e. The van der Waals surface area contributed by atoms with Gasteiger partial charge < -0.3 is 19.8 Å². The molecule has 1 aliphatic rings. The number of quaternary nitrogens is 1. The van der Waals surface area contributed by atoms with Crippen LogP contribution in [-0.2, 0) is 4.79 Å². The topological polar surface area (TPSA) is 87.0 Å². The largest absolute Gasteiger partial charge is 0.488 e. The average molecular weight is 393 g/mol. The molecule has 29 heavy (non-hydrogen) atoms. The van der Waals surface area contributed by atoms with Crippen molar-refractivity contribution >= 4 is 16.9 Å². The average Bonchev–Trinajstić information content (AvgIpc) is 2.74. The fourth-order valence-electron chi connectivity index (χ4n) is 3.87. The van der Waals surface area contributed by atoms with Crippen molar-refractivity contribution in [1.29, 1.82) is 0 Å². The number of ether oxygens (including phenoxy) is 1. The Balaban J connectivity index is 1.39. The molecule has 0 aliphatic carbocycles. The van der Waals surface area contributed by atoms with Crippen molar-refractivity contribution in [2.45, 2.75) is 12.8 Å². The SMILES string of the molecule is NC(=O)C1CC[NH+](CCOc2ccc3cc(-c4ccccc4)c(=O)oc3c2)CC1. The second-order valence-electron chi connectivity index (χ2n) is 7.54. The Labute approximate surface area is 168 Å². The molecule has 2 heterocycles. The molecule has 0 unspecified atom stereocenters. The van der Waals surface area contributed by atoms with Gasteiger partial charge in [0.25, 0.3) is 0 Å². The molecular weight excluding hydrogens is 368 g/mol. The van der Waals surface area contributed by atoms with E-state index >= 15 is 0 Å². The Morgan fingerprint density at radius 2 is 1.86 bits per heavy atom. The van der Waals surface area contributed by atoms with Crippen molar-refractivity contribution in [2.75, 3.05) is 26.2 Å². The zero-order chi connectivity index (χ0) is 20.2. The van der Waals surface area contributed by atoms with E-state index in [-0.39, 0.29) is 17.5 Å². The Morgan fingerprint density at radius 3 is 2.59 bits per heavy atom. The summed E-state index contributed by atoms with van der Waals surface area (Å²) in [6, 6.07) is 16.9. The summed E-state index contributed by atoms with van der Waals surface area (Å²) in [7, 11) is 0. The van der Waals surface area contributed by atoms with E-state index < -0.39 is 0 Å². The van der Waals surface area contributed by atoms with E-state index in [1.165, 1.54) is 4.90 Å². The highest BCUT2D eigenvalue weighted by atomic mass is 16.5. The molecule has 1 aromatic heterocycles. The quantitative estimate of drug-likeness (QED) is 0.623. The minimum atomic E-state index is -0.359. The van der Waals surface area contributed by atoms with Crippen LogP contribution in [0, 0.1) is 5.92 Å². The standard InChI is InChI=1S/C23H24N2O4/c24-22(26)17-8-10-25(11-9-17)12-13-28-19-7-6-18-14-20(16-4-2-1-3-5-16)23(27)29-21(18)15-19/h1-7,14-15,17H,8-13H2,(H2,24,26)/p+1. The van der Waals surface area contributed by atoms with Crippen LogP contribution in [-0.4, -0.2) is 32.1 Å². The lowest BCUT2D eigenvalue weighted by molar-refractivity contribution is -0.905. The lowest BCUT2D eigenvalue weighted by Gasteiger charge is -2.27. The molecule has 150 valence electrons. The first kappa shape index (κ1) is 19.2. The highest BCUT2D eigenvalue weighted by molar-refractivity contribution is 5.82. The van der Waals surface area contributed by atoms with Crippen molar-refractivity contribution in [3.63, 3.8) is 0 Å². The maximum absolute atomic E-state index is 12.4. The predicted octanol–water partition coefficient (Wildman–Crippen LogP) is 1.62. The number of carbonyl (C=O) groups excluding carboxylic acids is 1. The molecular formula is C23H25N2O4+. The molecule has 1 aliphatic heterocycles. The van der Waals surface area contributed by atoms with Crippen molar-refractivity contribution in [1.82, 2.24) is 0 Å². The number of nitrogens with two attached hydrogens (primary N) is 1. The summed E-state index contributed by atoms with van der Waals surface area (Å²) < 4.78 is 11.4. The monoisotopic (exact) mass is 393 g/mol. The second-order valence-corrected chi connectivity index (χ2v) is 7.54. The molecule has 0 saturated carbocycles. The van der Waals surface area contributed by atoms with Crippen LogP contribution in [0.4, 0.5) is 0 Å². The summed E-state index contributed by atoms with van der Waals surface area (Å²) in [5.41, 5.74) is 6.93. The van der Waals surface area contributed by atoms with Gasteiger partial charge in [-0.3, -0.25) is 4.79 Å². The van der Waals surface area contributed by atoms with Crippen molar-refractivity contribution in [2.24, 2.45) is 11.7 Å². The molecule has 6 heteroatoms. The van der Waals surface area contributed by atoms with Crippen LogP contribution < -0.4 is 21.0 Å². The van der Waals surface area contributed by atoms with Gasteiger partial charge in [0.05, 0.1) is 18.7 Å². The highest BCUT2D eigenvalue weighted by Gasteiger charge is 2.25. The lowest BCUT2D eigenvalue weighted by atomic mass is 9.96. The number of hydrogen-bond donors (Lipinski definition) is 2. The third kappa shape index (κ3) is 4.49. The van der Waals surface area contributed by atoms with Crippen molar-refractivity contribution in [3.8, 4) is 16.9 Å². The number of fused-ring (bicyclic) bond motifs is 1. The first-order valence-corrected chi connectivity index (χ1v) is 9.99. The molecule has 4 rings (SSSR count). The van der Waals surface area contributed by atoms with Gasteiger partial charge in [0.1, 0.15) is 24.5 Å². The van der Waals surface area contributed by atoms with Crippen LogP contribution in [0.2, 0.25) is 0 Å². The van der Waals surface area contributed by atoms with Gasteiger partial charge in [0.15, 0.2) is 0 Å². The number of carbonyl (C=O) groups is 1. The first-order valence-electron chi connectivity index (χ1n) is 9.99. The van der Waals surface area contributed by atoms with Gasteiger partial charge in [-0.2, -0.15) is 0 Å². The van der Waals surface area contributed by atoms with Gasteiger partial charge in [-0.25, -0.2) is 4.79 Å².